The van der Waals surface area contributed by atoms with Gasteiger partial charge in [0, 0.05) is 19.0 Å². The molecule has 5 nitrogen and oxygen atoms in total. The molecule has 1 aliphatic carbocycles. The number of carbonyl (C=O) groups is 2. The lowest BCUT2D eigenvalue weighted by atomic mass is 10.3. The molecule has 0 aliphatic heterocycles. The summed E-state index contributed by atoms with van der Waals surface area (Å²) in [5.74, 6) is -0.307. The van der Waals surface area contributed by atoms with E-state index in [-0.39, 0.29) is 11.8 Å². The third kappa shape index (κ3) is 4.81. The van der Waals surface area contributed by atoms with Gasteiger partial charge in [-0.3, -0.25) is 14.5 Å². The van der Waals surface area contributed by atoms with Gasteiger partial charge in [-0.05, 0) is 19.9 Å². The summed E-state index contributed by atoms with van der Waals surface area (Å²) in [5.41, 5.74) is 5.00. The third-order valence-corrected chi connectivity index (χ3v) is 2.10. The van der Waals surface area contributed by atoms with E-state index in [4.69, 9.17) is 5.73 Å². The first-order valence-electron chi connectivity index (χ1n) is 4.84. The summed E-state index contributed by atoms with van der Waals surface area (Å²) in [6, 6.07) is 0.395. The number of carbonyl (C=O) groups excluding carboxylic acids is 2. The molecule has 1 fully saturated rings. The maximum absolute atomic E-state index is 11.3. The van der Waals surface area contributed by atoms with Crippen molar-refractivity contribution in [2.45, 2.75) is 25.3 Å². The second-order valence-corrected chi connectivity index (χ2v) is 3.80. The van der Waals surface area contributed by atoms with Crippen LogP contribution in [0.3, 0.4) is 0 Å². The molecule has 5 heteroatoms. The number of nitrogens with two attached hydrogens (primary N) is 1. The normalized spacial score (nSPS) is 15.6. The van der Waals surface area contributed by atoms with Crippen molar-refractivity contribution in [1.29, 1.82) is 0 Å². The first-order chi connectivity index (χ1) is 6.58. The second-order valence-electron chi connectivity index (χ2n) is 3.80. The zero-order valence-corrected chi connectivity index (χ0v) is 8.45. The van der Waals surface area contributed by atoms with Gasteiger partial charge in [0.2, 0.25) is 11.8 Å². The van der Waals surface area contributed by atoms with Gasteiger partial charge in [-0.15, -0.1) is 0 Å². The van der Waals surface area contributed by atoms with Gasteiger partial charge in [-0.2, -0.15) is 0 Å². The molecular formula is C9H17N3O2. The molecule has 0 unspecified atom stereocenters. The first-order valence-corrected chi connectivity index (χ1v) is 4.84. The molecule has 0 saturated heterocycles. The summed E-state index contributed by atoms with van der Waals surface area (Å²) >= 11 is 0. The van der Waals surface area contributed by atoms with Crippen LogP contribution in [0.25, 0.3) is 0 Å². The number of rotatable bonds is 6. The topological polar surface area (TPSA) is 75.4 Å². The van der Waals surface area contributed by atoms with Crippen LogP contribution in [0.5, 0.6) is 0 Å². The van der Waals surface area contributed by atoms with Crippen molar-refractivity contribution in [1.82, 2.24) is 10.2 Å². The van der Waals surface area contributed by atoms with Crippen LogP contribution in [0, 0.1) is 0 Å². The van der Waals surface area contributed by atoms with Gasteiger partial charge in [0.25, 0.3) is 0 Å². The standard InChI is InChI=1S/C9H17N3O2/c1-12(5-4-8(10)13)6-9(14)11-7-2-3-7/h7H,2-6H2,1H3,(H2,10,13)(H,11,14). The number of primary amides is 1. The number of likely N-dealkylation sites (N-methyl/N-ethyl adjacent to an activating group) is 1. The average molecular weight is 199 g/mol. The Morgan fingerprint density at radius 1 is 1.50 bits per heavy atom. The minimum Gasteiger partial charge on any atom is -0.370 e. The van der Waals surface area contributed by atoms with E-state index in [2.05, 4.69) is 5.32 Å². The van der Waals surface area contributed by atoms with Crippen LogP contribution >= 0.6 is 0 Å². The molecule has 0 radical (unpaired) electrons. The van der Waals surface area contributed by atoms with Crippen LogP contribution in [-0.4, -0.2) is 42.9 Å². The van der Waals surface area contributed by atoms with Gasteiger partial charge in [0.05, 0.1) is 6.54 Å². The van der Waals surface area contributed by atoms with E-state index in [1.54, 1.807) is 11.9 Å². The Morgan fingerprint density at radius 2 is 2.14 bits per heavy atom. The minimum absolute atomic E-state index is 0.0273. The van der Waals surface area contributed by atoms with Crippen molar-refractivity contribution in [2.24, 2.45) is 5.73 Å². The third-order valence-electron chi connectivity index (χ3n) is 2.10. The van der Waals surface area contributed by atoms with Gasteiger partial charge in [-0.25, -0.2) is 0 Å². The molecule has 3 N–H and O–H groups in total. The van der Waals surface area contributed by atoms with E-state index < -0.39 is 0 Å². The number of amides is 2. The molecule has 0 aromatic carbocycles. The Morgan fingerprint density at radius 3 is 2.64 bits per heavy atom. The quantitative estimate of drug-likeness (QED) is 0.580. The fraction of sp³-hybridized carbons (Fsp3) is 0.778. The van der Waals surface area contributed by atoms with E-state index in [0.717, 1.165) is 12.8 Å². The predicted molar refractivity (Wildman–Crippen MR) is 52.5 cm³/mol. The van der Waals surface area contributed by atoms with E-state index in [9.17, 15) is 9.59 Å². The Kier molecular flexibility index (Phi) is 3.88. The van der Waals surface area contributed by atoms with Crippen LogP contribution in [0.15, 0.2) is 0 Å². The van der Waals surface area contributed by atoms with Crippen LogP contribution in [0.4, 0.5) is 0 Å². The zero-order valence-electron chi connectivity index (χ0n) is 8.45. The number of hydrogen-bond donors (Lipinski definition) is 2. The molecule has 2 amide bonds. The summed E-state index contributed by atoms with van der Waals surface area (Å²) in [7, 11) is 1.80. The van der Waals surface area contributed by atoms with Gasteiger partial charge in [0.15, 0.2) is 0 Å². The fourth-order valence-corrected chi connectivity index (χ4v) is 1.13. The van der Waals surface area contributed by atoms with Crippen molar-refractivity contribution in [3.63, 3.8) is 0 Å². The van der Waals surface area contributed by atoms with Gasteiger partial charge >= 0.3 is 0 Å². The maximum atomic E-state index is 11.3. The molecule has 14 heavy (non-hydrogen) atoms. The first kappa shape index (κ1) is 11.0. The van der Waals surface area contributed by atoms with Crippen molar-refractivity contribution in [3.05, 3.63) is 0 Å². The zero-order chi connectivity index (χ0) is 10.6. The van der Waals surface area contributed by atoms with E-state index in [0.29, 0.717) is 25.6 Å². The molecule has 1 rings (SSSR count). The highest BCUT2D eigenvalue weighted by Gasteiger charge is 2.23. The average Bonchev–Trinajstić information content (AvgIpc) is 2.84. The minimum atomic E-state index is -0.334. The summed E-state index contributed by atoms with van der Waals surface area (Å²) in [6.07, 6.45) is 2.49. The predicted octanol–water partition coefficient (Wildman–Crippen LogP) is -0.928. The van der Waals surface area contributed by atoms with Gasteiger partial charge in [-0.1, -0.05) is 0 Å². The highest BCUT2D eigenvalue weighted by atomic mass is 16.2. The summed E-state index contributed by atoms with van der Waals surface area (Å²) in [6.45, 7) is 0.872. The molecule has 0 atom stereocenters. The van der Waals surface area contributed by atoms with Crippen molar-refractivity contribution >= 4 is 11.8 Å². The number of hydrogen-bond acceptors (Lipinski definition) is 3. The molecule has 0 bridgehead atoms. The van der Waals surface area contributed by atoms with Crippen LogP contribution in [0.2, 0.25) is 0 Å². The van der Waals surface area contributed by atoms with Crippen molar-refractivity contribution in [3.8, 4) is 0 Å². The van der Waals surface area contributed by atoms with Crippen LogP contribution in [0.1, 0.15) is 19.3 Å². The Balaban J connectivity index is 2.08. The van der Waals surface area contributed by atoms with Crippen LogP contribution in [-0.2, 0) is 9.59 Å². The number of nitrogens with zero attached hydrogens (tertiary/aromatic N) is 1. The highest BCUT2D eigenvalue weighted by molar-refractivity contribution is 5.78. The molecular weight excluding hydrogens is 182 g/mol. The molecule has 0 aromatic rings. The van der Waals surface area contributed by atoms with E-state index in [1.807, 2.05) is 0 Å². The largest absolute Gasteiger partial charge is 0.370 e. The summed E-state index contributed by atoms with van der Waals surface area (Å²) in [5, 5.41) is 2.88. The summed E-state index contributed by atoms with van der Waals surface area (Å²) < 4.78 is 0. The highest BCUT2D eigenvalue weighted by Crippen LogP contribution is 2.18. The maximum Gasteiger partial charge on any atom is 0.234 e. The fourth-order valence-electron chi connectivity index (χ4n) is 1.13. The lowest BCUT2D eigenvalue weighted by Gasteiger charge is -2.14. The van der Waals surface area contributed by atoms with E-state index in [1.165, 1.54) is 0 Å². The molecule has 0 aromatic heterocycles. The van der Waals surface area contributed by atoms with Crippen molar-refractivity contribution in [2.75, 3.05) is 20.1 Å². The lowest BCUT2D eigenvalue weighted by Crippen LogP contribution is -2.37. The Labute approximate surface area is 83.6 Å². The van der Waals surface area contributed by atoms with E-state index >= 15 is 0 Å². The number of nitrogens with one attached hydrogen (secondary N) is 1. The lowest BCUT2D eigenvalue weighted by molar-refractivity contribution is -0.123. The Hall–Kier alpha value is -1.10. The smallest absolute Gasteiger partial charge is 0.234 e. The van der Waals surface area contributed by atoms with Gasteiger partial charge in [0.1, 0.15) is 0 Å². The second kappa shape index (κ2) is 4.95. The SMILES string of the molecule is CN(CCC(N)=O)CC(=O)NC1CC1. The molecule has 80 valence electrons. The monoisotopic (exact) mass is 199 g/mol. The molecule has 1 aliphatic rings. The molecule has 1 saturated carbocycles. The summed E-state index contributed by atoms with van der Waals surface area (Å²) in [4.78, 5) is 23.5. The molecule has 0 spiro atoms. The van der Waals surface area contributed by atoms with Crippen LogP contribution < -0.4 is 11.1 Å². The van der Waals surface area contributed by atoms with Gasteiger partial charge < -0.3 is 11.1 Å². The van der Waals surface area contributed by atoms with Crippen molar-refractivity contribution < 1.29 is 9.59 Å². The molecule has 0 heterocycles. The Bertz CT molecular complexity index is 226.